The Hall–Kier alpha value is -1.56. The second-order valence-electron chi connectivity index (χ2n) is 7.17. The summed E-state index contributed by atoms with van der Waals surface area (Å²) in [6, 6.07) is 0. The number of aryl methyl sites for hydroxylation is 1. The molecule has 3 N–H and O–H groups in total. The number of carbonyl (C=O) groups is 1. The van der Waals surface area contributed by atoms with E-state index in [0.29, 0.717) is 13.1 Å². The minimum absolute atomic E-state index is 0.0533. The minimum atomic E-state index is -0.466. The van der Waals surface area contributed by atoms with Crippen LogP contribution in [0.25, 0.3) is 0 Å². The molecule has 1 heterocycles. The first kappa shape index (κ1) is 16.8. The monoisotopic (exact) mass is 308 g/mol. The van der Waals surface area contributed by atoms with Crippen LogP contribution in [0.15, 0.2) is 6.33 Å². The summed E-state index contributed by atoms with van der Waals surface area (Å²) >= 11 is 0. The van der Waals surface area contributed by atoms with Crippen molar-refractivity contribution in [2.75, 3.05) is 6.54 Å². The number of alkyl carbamates (subject to hydrolysis) is 1. The molecule has 22 heavy (non-hydrogen) atoms. The Labute approximate surface area is 132 Å². The number of ether oxygens (including phenoxy) is 1. The fourth-order valence-electron chi connectivity index (χ4n) is 2.86. The topological polar surface area (TPSA) is 79.0 Å². The van der Waals surface area contributed by atoms with Crippen LogP contribution in [0.4, 0.5) is 4.79 Å². The predicted octanol–water partition coefficient (Wildman–Crippen LogP) is 2.65. The van der Waals surface area contributed by atoms with Crippen molar-refractivity contribution in [2.24, 2.45) is 0 Å². The van der Waals surface area contributed by atoms with E-state index in [1.807, 2.05) is 27.7 Å². The van der Waals surface area contributed by atoms with Gasteiger partial charge >= 0.3 is 6.09 Å². The molecule has 0 saturated heterocycles. The second kappa shape index (κ2) is 6.69. The first-order valence-electron chi connectivity index (χ1n) is 8.00. The minimum Gasteiger partial charge on any atom is -0.444 e. The van der Waals surface area contributed by atoms with Gasteiger partial charge in [-0.15, -0.1) is 0 Å². The number of amides is 1. The zero-order valence-corrected chi connectivity index (χ0v) is 14.1. The van der Waals surface area contributed by atoms with Gasteiger partial charge in [0.2, 0.25) is 0 Å². The fraction of sp³-hybridized carbons (Fsp3) is 0.750. The lowest BCUT2D eigenvalue weighted by Gasteiger charge is -2.31. The van der Waals surface area contributed by atoms with Crippen molar-refractivity contribution in [3.05, 3.63) is 17.7 Å². The standard InChI is InChI=1S/C16H28N4O2/c1-12-13(19-11-18-12)9-20-16(7-5-6-8-16)10-17-14(21)22-15(2,3)4/h11,20H,5-10H2,1-4H3,(H,17,21)(H,18,19). The van der Waals surface area contributed by atoms with Crippen LogP contribution in [0.3, 0.4) is 0 Å². The van der Waals surface area contributed by atoms with Crippen molar-refractivity contribution < 1.29 is 9.53 Å². The predicted molar refractivity (Wildman–Crippen MR) is 85.6 cm³/mol. The third kappa shape index (κ3) is 4.73. The van der Waals surface area contributed by atoms with E-state index in [2.05, 4.69) is 20.6 Å². The van der Waals surface area contributed by atoms with Gasteiger partial charge in [-0.1, -0.05) is 12.8 Å². The maximum absolute atomic E-state index is 11.9. The van der Waals surface area contributed by atoms with Crippen molar-refractivity contribution >= 4 is 6.09 Å². The fourth-order valence-corrected chi connectivity index (χ4v) is 2.86. The summed E-state index contributed by atoms with van der Waals surface area (Å²) in [4.78, 5) is 19.3. The van der Waals surface area contributed by atoms with Gasteiger partial charge in [0, 0.05) is 24.3 Å². The third-order valence-electron chi connectivity index (χ3n) is 4.10. The second-order valence-corrected chi connectivity index (χ2v) is 7.17. The summed E-state index contributed by atoms with van der Waals surface area (Å²) in [6.45, 7) is 8.94. The van der Waals surface area contributed by atoms with Gasteiger partial charge in [0.25, 0.3) is 0 Å². The van der Waals surface area contributed by atoms with E-state index in [1.54, 1.807) is 6.33 Å². The average Bonchev–Trinajstić information content (AvgIpc) is 3.02. The Morgan fingerprint density at radius 2 is 2.09 bits per heavy atom. The van der Waals surface area contributed by atoms with Gasteiger partial charge < -0.3 is 20.4 Å². The highest BCUT2D eigenvalue weighted by Gasteiger charge is 2.34. The summed E-state index contributed by atoms with van der Waals surface area (Å²) in [5.41, 5.74) is 1.60. The Balaban J connectivity index is 1.88. The van der Waals surface area contributed by atoms with E-state index in [1.165, 1.54) is 12.8 Å². The summed E-state index contributed by atoms with van der Waals surface area (Å²) in [5, 5.41) is 6.52. The van der Waals surface area contributed by atoms with Gasteiger partial charge in [0.1, 0.15) is 5.60 Å². The van der Waals surface area contributed by atoms with Crippen molar-refractivity contribution in [3.63, 3.8) is 0 Å². The largest absolute Gasteiger partial charge is 0.444 e. The molecule has 0 atom stereocenters. The van der Waals surface area contributed by atoms with Gasteiger partial charge in [-0.05, 0) is 40.5 Å². The lowest BCUT2D eigenvalue weighted by atomic mass is 9.97. The summed E-state index contributed by atoms with van der Waals surface area (Å²) in [5.74, 6) is 0. The van der Waals surface area contributed by atoms with Gasteiger partial charge in [-0.3, -0.25) is 0 Å². The highest BCUT2D eigenvalue weighted by atomic mass is 16.6. The molecule has 6 heteroatoms. The number of nitrogens with one attached hydrogen (secondary N) is 3. The van der Waals surface area contributed by atoms with Crippen LogP contribution >= 0.6 is 0 Å². The van der Waals surface area contributed by atoms with Crippen LogP contribution in [0.5, 0.6) is 0 Å². The smallest absolute Gasteiger partial charge is 0.407 e. The van der Waals surface area contributed by atoms with Crippen molar-refractivity contribution in [3.8, 4) is 0 Å². The number of hydrogen-bond acceptors (Lipinski definition) is 4. The molecular formula is C16H28N4O2. The normalized spacial score (nSPS) is 17.5. The molecule has 1 aromatic rings. The zero-order chi connectivity index (χ0) is 16.2. The molecular weight excluding hydrogens is 280 g/mol. The Bertz CT molecular complexity index is 498. The van der Waals surface area contributed by atoms with Crippen molar-refractivity contribution in [2.45, 2.75) is 71.1 Å². The summed E-state index contributed by atoms with van der Waals surface area (Å²) in [7, 11) is 0. The Kier molecular flexibility index (Phi) is 5.11. The molecule has 2 rings (SSSR count). The first-order chi connectivity index (χ1) is 10.3. The molecule has 0 aromatic carbocycles. The van der Waals surface area contributed by atoms with Crippen LogP contribution in [0.2, 0.25) is 0 Å². The van der Waals surface area contributed by atoms with Crippen LogP contribution in [-0.2, 0) is 11.3 Å². The lowest BCUT2D eigenvalue weighted by molar-refractivity contribution is 0.0509. The molecule has 0 spiro atoms. The molecule has 124 valence electrons. The molecule has 1 aliphatic rings. The van der Waals surface area contributed by atoms with E-state index in [9.17, 15) is 4.79 Å². The summed E-state index contributed by atoms with van der Waals surface area (Å²) < 4.78 is 5.32. The molecule has 1 amide bonds. The van der Waals surface area contributed by atoms with E-state index in [0.717, 1.165) is 24.2 Å². The van der Waals surface area contributed by atoms with E-state index < -0.39 is 5.60 Å². The van der Waals surface area contributed by atoms with Gasteiger partial charge in [-0.25, -0.2) is 9.78 Å². The quantitative estimate of drug-likeness (QED) is 0.781. The molecule has 1 saturated carbocycles. The Morgan fingerprint density at radius 3 is 2.64 bits per heavy atom. The number of imidazole rings is 1. The van der Waals surface area contributed by atoms with E-state index in [-0.39, 0.29) is 11.6 Å². The molecule has 0 aliphatic heterocycles. The molecule has 6 nitrogen and oxygen atoms in total. The van der Waals surface area contributed by atoms with Crippen LogP contribution in [0.1, 0.15) is 57.8 Å². The summed E-state index contributed by atoms with van der Waals surface area (Å²) in [6.07, 6.45) is 5.85. The molecule has 1 aromatic heterocycles. The molecule has 0 unspecified atom stereocenters. The zero-order valence-electron chi connectivity index (χ0n) is 14.1. The first-order valence-corrected chi connectivity index (χ1v) is 8.00. The number of aromatic nitrogens is 2. The van der Waals surface area contributed by atoms with Crippen molar-refractivity contribution in [1.82, 2.24) is 20.6 Å². The molecule has 1 aliphatic carbocycles. The maximum atomic E-state index is 11.9. The number of rotatable bonds is 5. The van der Waals surface area contributed by atoms with Crippen LogP contribution in [0, 0.1) is 6.92 Å². The third-order valence-corrected chi connectivity index (χ3v) is 4.10. The average molecular weight is 308 g/mol. The van der Waals surface area contributed by atoms with Crippen molar-refractivity contribution in [1.29, 1.82) is 0 Å². The highest BCUT2D eigenvalue weighted by molar-refractivity contribution is 5.67. The number of hydrogen-bond donors (Lipinski definition) is 3. The van der Waals surface area contributed by atoms with Crippen LogP contribution in [-0.4, -0.2) is 33.7 Å². The van der Waals surface area contributed by atoms with Crippen LogP contribution < -0.4 is 10.6 Å². The van der Waals surface area contributed by atoms with Gasteiger partial charge in [-0.2, -0.15) is 0 Å². The van der Waals surface area contributed by atoms with E-state index in [4.69, 9.17) is 4.74 Å². The highest BCUT2D eigenvalue weighted by Crippen LogP contribution is 2.29. The maximum Gasteiger partial charge on any atom is 0.407 e. The van der Waals surface area contributed by atoms with Gasteiger partial charge in [0.15, 0.2) is 0 Å². The lowest BCUT2D eigenvalue weighted by Crippen LogP contribution is -2.52. The molecule has 1 fully saturated rings. The SMILES string of the molecule is Cc1[nH]cnc1CNC1(CNC(=O)OC(C)(C)C)CCCC1. The van der Waals surface area contributed by atoms with Gasteiger partial charge in [0.05, 0.1) is 12.0 Å². The van der Waals surface area contributed by atoms with E-state index >= 15 is 0 Å². The number of H-pyrrole nitrogens is 1. The number of nitrogens with zero attached hydrogens (tertiary/aromatic N) is 1. The number of carbonyl (C=O) groups excluding carboxylic acids is 1. The molecule has 0 radical (unpaired) electrons. The number of aromatic amines is 1. The Morgan fingerprint density at radius 1 is 1.41 bits per heavy atom. The molecule has 0 bridgehead atoms.